The summed E-state index contributed by atoms with van der Waals surface area (Å²) < 4.78 is 39.3. The Morgan fingerprint density at radius 1 is 0.939 bits per heavy atom. The molecule has 0 fully saturated rings. The van der Waals surface area contributed by atoms with Crippen LogP contribution in [0.2, 0.25) is 5.02 Å². The maximum atomic E-state index is 13.4. The second-order valence-electron chi connectivity index (χ2n) is 7.37. The largest absolute Gasteiger partial charge is 0.497 e. The standard InChI is InChI=1S/C25H22ClNO5S/c1-3-32-20-10-13-23-22(14-20)25(28)24(33(29,30)21-11-6-18(26)7-12-21)16-27(23)15-17-4-8-19(31-2)9-5-17/h4-14,16H,3,15H2,1-2H3. The van der Waals surface area contributed by atoms with Crippen LogP contribution >= 0.6 is 11.6 Å². The number of ether oxygens (including phenoxy) is 2. The Hall–Kier alpha value is -3.29. The average molecular weight is 484 g/mol. The third-order valence-electron chi connectivity index (χ3n) is 5.26. The second-order valence-corrected chi connectivity index (χ2v) is 9.72. The molecule has 0 N–H and O–H groups in total. The summed E-state index contributed by atoms with van der Waals surface area (Å²) in [5.74, 6) is 1.22. The van der Waals surface area contributed by atoms with Crippen LogP contribution in [0.1, 0.15) is 12.5 Å². The first-order chi connectivity index (χ1) is 15.8. The molecule has 0 aliphatic carbocycles. The molecule has 0 saturated heterocycles. The third-order valence-corrected chi connectivity index (χ3v) is 7.27. The highest BCUT2D eigenvalue weighted by Crippen LogP contribution is 2.26. The number of benzene rings is 3. The first kappa shape index (κ1) is 22.9. The fraction of sp³-hybridized carbons (Fsp3) is 0.160. The van der Waals surface area contributed by atoms with E-state index in [-0.39, 0.29) is 15.2 Å². The van der Waals surface area contributed by atoms with Gasteiger partial charge in [0.2, 0.25) is 15.3 Å². The molecule has 6 nitrogen and oxygen atoms in total. The van der Waals surface area contributed by atoms with E-state index in [0.717, 1.165) is 11.3 Å². The molecule has 0 bridgehead atoms. The zero-order chi connectivity index (χ0) is 23.6. The third kappa shape index (κ3) is 4.60. The fourth-order valence-corrected chi connectivity index (χ4v) is 5.09. The Morgan fingerprint density at radius 3 is 2.24 bits per heavy atom. The van der Waals surface area contributed by atoms with E-state index in [9.17, 15) is 13.2 Å². The van der Waals surface area contributed by atoms with Crippen LogP contribution in [0.25, 0.3) is 10.9 Å². The van der Waals surface area contributed by atoms with Gasteiger partial charge in [0.1, 0.15) is 16.4 Å². The summed E-state index contributed by atoms with van der Waals surface area (Å²) in [5.41, 5.74) is 0.950. The van der Waals surface area contributed by atoms with Crippen molar-refractivity contribution in [3.05, 3.63) is 93.7 Å². The SMILES string of the molecule is CCOc1ccc2c(c1)c(=O)c(S(=O)(=O)c1ccc(Cl)cc1)cn2Cc1ccc(OC)cc1. The van der Waals surface area contributed by atoms with Gasteiger partial charge in [-0.1, -0.05) is 23.7 Å². The maximum absolute atomic E-state index is 13.4. The van der Waals surface area contributed by atoms with Crippen molar-refractivity contribution in [3.8, 4) is 11.5 Å². The van der Waals surface area contributed by atoms with Crippen molar-refractivity contribution in [2.45, 2.75) is 23.3 Å². The normalized spacial score (nSPS) is 11.5. The van der Waals surface area contributed by atoms with E-state index in [2.05, 4.69) is 0 Å². The van der Waals surface area contributed by atoms with Gasteiger partial charge in [0.05, 0.1) is 29.5 Å². The van der Waals surface area contributed by atoms with Crippen LogP contribution in [0.4, 0.5) is 0 Å². The van der Waals surface area contributed by atoms with Gasteiger partial charge in [-0.15, -0.1) is 0 Å². The molecule has 0 radical (unpaired) electrons. The lowest BCUT2D eigenvalue weighted by Crippen LogP contribution is -2.19. The van der Waals surface area contributed by atoms with E-state index in [0.29, 0.717) is 29.4 Å². The summed E-state index contributed by atoms with van der Waals surface area (Å²) in [6.45, 7) is 2.62. The van der Waals surface area contributed by atoms with E-state index in [1.54, 1.807) is 29.9 Å². The Labute approximate surface area is 196 Å². The fourth-order valence-electron chi connectivity index (χ4n) is 3.60. The van der Waals surface area contributed by atoms with Crippen molar-refractivity contribution < 1.29 is 17.9 Å². The summed E-state index contributed by atoms with van der Waals surface area (Å²) in [6.07, 6.45) is 1.40. The van der Waals surface area contributed by atoms with E-state index < -0.39 is 15.3 Å². The van der Waals surface area contributed by atoms with Gasteiger partial charge in [-0.3, -0.25) is 4.79 Å². The zero-order valence-corrected chi connectivity index (χ0v) is 19.7. The summed E-state index contributed by atoms with van der Waals surface area (Å²) in [5, 5.41) is 0.676. The molecule has 0 aliphatic heterocycles. The molecule has 0 unspecified atom stereocenters. The number of hydrogen-bond donors (Lipinski definition) is 0. The zero-order valence-electron chi connectivity index (χ0n) is 18.1. The maximum Gasteiger partial charge on any atom is 0.211 e. The lowest BCUT2D eigenvalue weighted by Gasteiger charge is -2.15. The van der Waals surface area contributed by atoms with Crippen LogP contribution in [0.15, 0.2) is 87.5 Å². The number of halogens is 1. The molecule has 170 valence electrons. The van der Waals surface area contributed by atoms with E-state index in [1.807, 2.05) is 31.2 Å². The molecule has 0 spiro atoms. The lowest BCUT2D eigenvalue weighted by atomic mass is 10.1. The van der Waals surface area contributed by atoms with Gasteiger partial charge in [-0.2, -0.15) is 0 Å². The number of fused-ring (bicyclic) bond motifs is 1. The first-order valence-electron chi connectivity index (χ1n) is 10.3. The van der Waals surface area contributed by atoms with Crippen LogP contribution in [0.3, 0.4) is 0 Å². The van der Waals surface area contributed by atoms with Crippen molar-refractivity contribution in [2.75, 3.05) is 13.7 Å². The van der Waals surface area contributed by atoms with Crippen LogP contribution in [0, 0.1) is 0 Å². The van der Waals surface area contributed by atoms with Gasteiger partial charge >= 0.3 is 0 Å². The molecule has 8 heteroatoms. The van der Waals surface area contributed by atoms with Gasteiger partial charge in [-0.25, -0.2) is 8.42 Å². The van der Waals surface area contributed by atoms with Gasteiger partial charge in [-0.05, 0) is 67.1 Å². The number of sulfone groups is 1. The predicted molar refractivity (Wildman–Crippen MR) is 128 cm³/mol. The molecule has 0 aliphatic rings. The summed E-state index contributed by atoms with van der Waals surface area (Å²) >= 11 is 5.92. The molecule has 1 aromatic heterocycles. The van der Waals surface area contributed by atoms with Crippen molar-refractivity contribution in [1.82, 2.24) is 4.57 Å². The number of hydrogen-bond acceptors (Lipinski definition) is 5. The smallest absolute Gasteiger partial charge is 0.211 e. The van der Waals surface area contributed by atoms with E-state index >= 15 is 0 Å². The minimum absolute atomic E-state index is 0.000287. The highest BCUT2D eigenvalue weighted by molar-refractivity contribution is 7.91. The number of nitrogens with zero attached hydrogens (tertiary/aromatic N) is 1. The Bertz CT molecular complexity index is 1460. The highest BCUT2D eigenvalue weighted by Gasteiger charge is 2.24. The summed E-state index contributed by atoms with van der Waals surface area (Å²) in [6, 6.07) is 18.3. The summed E-state index contributed by atoms with van der Waals surface area (Å²) in [7, 11) is -2.49. The minimum Gasteiger partial charge on any atom is -0.497 e. The number of aromatic nitrogens is 1. The topological polar surface area (TPSA) is 74.6 Å². The Morgan fingerprint density at radius 2 is 1.61 bits per heavy atom. The summed E-state index contributed by atoms with van der Waals surface area (Å²) in [4.78, 5) is 13.1. The van der Waals surface area contributed by atoms with Crippen molar-refractivity contribution in [1.29, 1.82) is 0 Å². The predicted octanol–water partition coefficient (Wildman–Crippen LogP) is 4.94. The molecular weight excluding hydrogens is 462 g/mol. The number of pyridine rings is 1. The van der Waals surface area contributed by atoms with E-state index in [4.69, 9.17) is 21.1 Å². The van der Waals surface area contributed by atoms with Crippen LogP contribution in [-0.4, -0.2) is 26.7 Å². The van der Waals surface area contributed by atoms with Crippen LogP contribution < -0.4 is 14.9 Å². The minimum atomic E-state index is -4.08. The molecule has 0 atom stereocenters. The molecule has 0 amide bonds. The monoisotopic (exact) mass is 483 g/mol. The van der Waals surface area contributed by atoms with E-state index in [1.165, 1.54) is 30.5 Å². The Kier molecular flexibility index (Phi) is 6.44. The van der Waals surface area contributed by atoms with Gasteiger partial charge < -0.3 is 14.0 Å². The molecule has 0 saturated carbocycles. The van der Waals surface area contributed by atoms with Gasteiger partial charge in [0.15, 0.2) is 0 Å². The Balaban J connectivity index is 1.93. The molecule has 4 aromatic rings. The lowest BCUT2D eigenvalue weighted by molar-refractivity contribution is 0.340. The molecule has 1 heterocycles. The van der Waals surface area contributed by atoms with Crippen LogP contribution in [-0.2, 0) is 16.4 Å². The average Bonchev–Trinajstić information content (AvgIpc) is 2.82. The van der Waals surface area contributed by atoms with Gasteiger partial charge in [0.25, 0.3) is 0 Å². The molecular formula is C25H22ClNO5S. The number of methoxy groups -OCH3 is 1. The number of rotatable bonds is 7. The highest BCUT2D eigenvalue weighted by atomic mass is 35.5. The second kappa shape index (κ2) is 9.29. The van der Waals surface area contributed by atoms with Crippen molar-refractivity contribution >= 4 is 32.3 Å². The van der Waals surface area contributed by atoms with Crippen molar-refractivity contribution in [2.24, 2.45) is 0 Å². The van der Waals surface area contributed by atoms with Crippen molar-refractivity contribution in [3.63, 3.8) is 0 Å². The first-order valence-corrected chi connectivity index (χ1v) is 12.1. The molecule has 3 aromatic carbocycles. The quantitative estimate of drug-likeness (QED) is 0.372. The van der Waals surface area contributed by atoms with Gasteiger partial charge in [0, 0.05) is 17.8 Å². The molecule has 33 heavy (non-hydrogen) atoms. The molecule has 4 rings (SSSR count). The van der Waals surface area contributed by atoms with Crippen LogP contribution in [0.5, 0.6) is 11.5 Å².